The normalized spacial score (nSPS) is 14.2. The zero-order valence-corrected chi connectivity index (χ0v) is 19.1. The fraction of sp³-hybridized carbons (Fsp3) is 0.296. The Labute approximate surface area is 202 Å². The lowest BCUT2D eigenvalue weighted by Gasteiger charge is -2.28. The van der Waals surface area contributed by atoms with Crippen LogP contribution >= 0.6 is 0 Å². The Morgan fingerprint density at radius 3 is 1.86 bits per heavy atom. The van der Waals surface area contributed by atoms with Crippen molar-refractivity contribution in [2.45, 2.75) is 43.9 Å². The summed E-state index contributed by atoms with van der Waals surface area (Å²) in [5.74, 6) is -0.606. The summed E-state index contributed by atoms with van der Waals surface area (Å²) in [5.41, 5.74) is 2.26. The van der Waals surface area contributed by atoms with Crippen LogP contribution in [0.15, 0.2) is 91.0 Å². The van der Waals surface area contributed by atoms with Crippen LogP contribution in [-0.2, 0) is 29.1 Å². The van der Waals surface area contributed by atoms with E-state index in [1.165, 1.54) is 0 Å². The molecular weight excluding hydrogens is 457 g/mol. The van der Waals surface area contributed by atoms with E-state index in [2.05, 4.69) is 10.6 Å². The number of esters is 1. The average molecular weight is 487 g/mol. The lowest BCUT2D eigenvalue weighted by Crippen LogP contribution is -2.55. The number of hydrogen-bond donors (Lipinski definition) is 3. The van der Waals surface area contributed by atoms with Crippen LogP contribution in [0.25, 0.3) is 0 Å². The second kappa shape index (κ2) is 13.0. The molecule has 0 spiro atoms. The Morgan fingerprint density at radius 2 is 1.31 bits per heavy atom. The quantitative estimate of drug-likeness (QED) is 0.338. The number of carbonyl (C=O) groups is 1. The van der Waals surface area contributed by atoms with Crippen LogP contribution in [0.2, 0.25) is 0 Å². The summed E-state index contributed by atoms with van der Waals surface area (Å²) in [7, 11) is 0. The van der Waals surface area contributed by atoms with Gasteiger partial charge in [-0.15, -0.1) is 0 Å². The lowest BCUT2D eigenvalue weighted by molar-refractivity contribution is -0.178. The van der Waals surface area contributed by atoms with Crippen LogP contribution < -0.4 is 10.6 Å². The smallest absolute Gasteiger partial charge is 0.406 e. The number of hydrogen-bond acceptors (Lipinski definition) is 5. The third-order valence-electron chi connectivity index (χ3n) is 5.47. The summed E-state index contributed by atoms with van der Waals surface area (Å²) in [4.78, 5) is 12.8. The first-order valence-corrected chi connectivity index (χ1v) is 11.3. The number of aliphatic hydroxyl groups excluding tert-OH is 1. The second-order valence-electron chi connectivity index (χ2n) is 8.20. The molecule has 0 unspecified atom stereocenters. The van der Waals surface area contributed by atoms with Gasteiger partial charge in [-0.1, -0.05) is 91.0 Å². The minimum absolute atomic E-state index is 0.0407. The highest BCUT2D eigenvalue weighted by Gasteiger charge is 2.44. The zero-order valence-electron chi connectivity index (χ0n) is 19.1. The largest absolute Gasteiger partial charge is 0.460 e. The van der Waals surface area contributed by atoms with Crippen molar-refractivity contribution < 1.29 is 27.8 Å². The SMILES string of the molecule is O=C(OCc1ccccc1)[C@H](Cc1ccccc1)NC[C@H](O)[C@@H](NCc1ccccc1)C(F)(F)F. The number of halogens is 3. The third kappa shape index (κ3) is 8.83. The molecular formula is C27H29F3N2O3. The average Bonchev–Trinajstić information content (AvgIpc) is 2.86. The van der Waals surface area contributed by atoms with E-state index in [0.717, 1.165) is 11.1 Å². The Hall–Kier alpha value is -3.20. The lowest BCUT2D eigenvalue weighted by atomic mass is 10.0. The van der Waals surface area contributed by atoms with E-state index in [-0.39, 0.29) is 19.6 Å². The Kier molecular flexibility index (Phi) is 9.84. The Bertz CT molecular complexity index is 1020. The fourth-order valence-corrected chi connectivity index (χ4v) is 3.59. The first-order valence-electron chi connectivity index (χ1n) is 11.3. The van der Waals surface area contributed by atoms with Crippen molar-refractivity contribution in [3.63, 3.8) is 0 Å². The molecule has 3 aromatic carbocycles. The van der Waals surface area contributed by atoms with Crippen LogP contribution in [-0.4, -0.2) is 42.0 Å². The highest BCUT2D eigenvalue weighted by molar-refractivity contribution is 5.76. The van der Waals surface area contributed by atoms with E-state index >= 15 is 0 Å². The Morgan fingerprint density at radius 1 is 0.800 bits per heavy atom. The maximum Gasteiger partial charge on any atom is 0.406 e. The molecule has 0 radical (unpaired) electrons. The highest BCUT2D eigenvalue weighted by Crippen LogP contribution is 2.23. The van der Waals surface area contributed by atoms with Crippen LogP contribution in [0, 0.1) is 0 Å². The predicted octanol–water partition coefficient (Wildman–Crippen LogP) is 4.01. The number of benzene rings is 3. The molecule has 3 aromatic rings. The second-order valence-corrected chi connectivity index (χ2v) is 8.20. The number of nitrogens with one attached hydrogen (secondary N) is 2. The minimum Gasteiger partial charge on any atom is -0.460 e. The molecule has 0 aliphatic heterocycles. The van der Waals surface area contributed by atoms with E-state index < -0.39 is 36.9 Å². The van der Waals surface area contributed by atoms with Crippen LogP contribution in [0.1, 0.15) is 16.7 Å². The van der Waals surface area contributed by atoms with Crippen molar-refractivity contribution >= 4 is 5.97 Å². The summed E-state index contributed by atoms with van der Waals surface area (Å²) < 4.78 is 46.4. The van der Waals surface area contributed by atoms with Gasteiger partial charge in [-0.05, 0) is 23.1 Å². The van der Waals surface area contributed by atoms with Crippen molar-refractivity contribution in [2.24, 2.45) is 0 Å². The summed E-state index contributed by atoms with van der Waals surface area (Å²) in [5, 5.41) is 15.6. The summed E-state index contributed by atoms with van der Waals surface area (Å²) in [6, 6.07) is 23.7. The number of ether oxygens (including phenoxy) is 1. The van der Waals surface area contributed by atoms with Crippen molar-refractivity contribution in [3.05, 3.63) is 108 Å². The molecule has 3 atom stereocenters. The first kappa shape index (κ1) is 26.4. The van der Waals surface area contributed by atoms with Crippen molar-refractivity contribution in [1.82, 2.24) is 10.6 Å². The van der Waals surface area contributed by atoms with Crippen LogP contribution in [0.3, 0.4) is 0 Å². The van der Waals surface area contributed by atoms with Crippen LogP contribution in [0.4, 0.5) is 13.2 Å². The summed E-state index contributed by atoms with van der Waals surface area (Å²) in [6.45, 7) is -0.475. The molecule has 0 aliphatic rings. The number of alkyl halides is 3. The standard InChI is InChI=1S/C27H29F3N2O3/c28-27(29,30)25(32-17-21-12-6-2-7-13-21)24(33)18-31-23(16-20-10-4-1-5-11-20)26(34)35-19-22-14-8-3-9-15-22/h1-15,23-25,31-33H,16-19H2/t23-,24-,25+/m0/s1. The van der Waals surface area contributed by atoms with Gasteiger partial charge in [-0.25, -0.2) is 0 Å². The van der Waals surface area contributed by atoms with Gasteiger partial charge < -0.3 is 15.2 Å². The van der Waals surface area contributed by atoms with Gasteiger partial charge in [0.2, 0.25) is 0 Å². The van der Waals surface area contributed by atoms with Crippen molar-refractivity contribution in [3.8, 4) is 0 Å². The molecule has 3 N–H and O–H groups in total. The molecule has 3 rings (SSSR count). The zero-order chi connectivity index (χ0) is 25.1. The van der Waals surface area contributed by atoms with E-state index in [9.17, 15) is 23.1 Å². The molecule has 186 valence electrons. The number of carbonyl (C=O) groups excluding carboxylic acids is 1. The molecule has 0 saturated carbocycles. The van der Waals surface area contributed by atoms with E-state index in [1.54, 1.807) is 30.3 Å². The highest BCUT2D eigenvalue weighted by atomic mass is 19.4. The van der Waals surface area contributed by atoms with Gasteiger partial charge in [-0.3, -0.25) is 10.1 Å². The topological polar surface area (TPSA) is 70.6 Å². The predicted molar refractivity (Wildman–Crippen MR) is 127 cm³/mol. The van der Waals surface area contributed by atoms with Gasteiger partial charge in [0.15, 0.2) is 0 Å². The molecule has 35 heavy (non-hydrogen) atoms. The van der Waals surface area contributed by atoms with E-state index in [1.807, 2.05) is 60.7 Å². The Balaban J connectivity index is 1.64. The summed E-state index contributed by atoms with van der Waals surface area (Å²) in [6.07, 6.45) is -6.30. The molecule has 0 fully saturated rings. The maximum atomic E-state index is 13.7. The van der Waals surface area contributed by atoms with Crippen molar-refractivity contribution in [2.75, 3.05) is 6.54 Å². The van der Waals surface area contributed by atoms with Gasteiger partial charge in [0.05, 0.1) is 6.10 Å². The number of rotatable bonds is 12. The molecule has 0 saturated heterocycles. The first-order chi connectivity index (χ1) is 16.8. The molecule has 0 bridgehead atoms. The van der Waals surface area contributed by atoms with Crippen LogP contribution in [0.5, 0.6) is 0 Å². The molecule has 0 aliphatic carbocycles. The number of aliphatic hydroxyl groups is 1. The van der Waals surface area contributed by atoms with Gasteiger partial charge in [0.25, 0.3) is 0 Å². The fourth-order valence-electron chi connectivity index (χ4n) is 3.59. The van der Waals surface area contributed by atoms with Gasteiger partial charge in [0, 0.05) is 13.1 Å². The van der Waals surface area contributed by atoms with E-state index in [0.29, 0.717) is 5.56 Å². The molecule has 8 heteroatoms. The summed E-state index contributed by atoms with van der Waals surface area (Å²) >= 11 is 0. The third-order valence-corrected chi connectivity index (χ3v) is 5.47. The molecule has 0 aromatic heterocycles. The van der Waals surface area contributed by atoms with Gasteiger partial charge >= 0.3 is 12.1 Å². The molecule has 0 amide bonds. The van der Waals surface area contributed by atoms with Crippen molar-refractivity contribution in [1.29, 1.82) is 0 Å². The maximum absolute atomic E-state index is 13.7. The van der Waals surface area contributed by atoms with Gasteiger partial charge in [-0.2, -0.15) is 13.2 Å². The monoisotopic (exact) mass is 486 g/mol. The van der Waals surface area contributed by atoms with E-state index in [4.69, 9.17) is 4.74 Å². The molecule has 5 nitrogen and oxygen atoms in total. The van der Waals surface area contributed by atoms with Gasteiger partial charge in [0.1, 0.15) is 18.7 Å². The minimum atomic E-state index is -4.68. The molecule has 0 heterocycles.